The molecule has 0 bridgehead atoms. The van der Waals surface area contributed by atoms with Crippen LogP contribution in [-0.4, -0.2) is 14.5 Å². The van der Waals surface area contributed by atoms with Crippen molar-refractivity contribution in [2.75, 3.05) is 0 Å². The molecule has 0 saturated heterocycles. The third-order valence-corrected chi connectivity index (χ3v) is 3.25. The lowest BCUT2D eigenvalue weighted by Gasteiger charge is -2.06. The molecule has 1 atom stereocenters. The first-order valence-electron chi connectivity index (χ1n) is 6.81. The zero-order valence-electron chi connectivity index (χ0n) is 11.6. The van der Waals surface area contributed by atoms with Crippen molar-refractivity contribution in [3.63, 3.8) is 0 Å². The molecule has 5 heteroatoms. The normalized spacial score (nSPS) is 14.2. The summed E-state index contributed by atoms with van der Waals surface area (Å²) in [7, 11) is -3.82. The second-order valence-electron chi connectivity index (χ2n) is 4.66. The summed E-state index contributed by atoms with van der Waals surface area (Å²) in [5.41, 5.74) is 0. The van der Waals surface area contributed by atoms with Crippen LogP contribution >= 0.6 is 0 Å². The number of rotatable bonds is 11. The van der Waals surface area contributed by atoms with Crippen molar-refractivity contribution in [2.45, 2.75) is 71.3 Å². The molecule has 0 spiro atoms. The maximum absolute atomic E-state index is 10.6. The van der Waals surface area contributed by atoms with E-state index >= 15 is 0 Å². The standard InChI is InChI=1S/C13H27NO3S/c1-3-4-5-6-7-8-9-10-11-12-13(2)17-18(14,15)16/h10-11,13H,3-9,12H2,1-2H3,(H2,14,15,16)/t13-/m1/s1. The summed E-state index contributed by atoms with van der Waals surface area (Å²) in [6.07, 6.45) is 13.0. The molecule has 0 rings (SSSR count). The molecule has 0 fully saturated rings. The van der Waals surface area contributed by atoms with Crippen LogP contribution in [-0.2, 0) is 14.5 Å². The molecule has 0 aliphatic rings. The molecular formula is C13H27NO3S. The van der Waals surface area contributed by atoms with Gasteiger partial charge in [0, 0.05) is 0 Å². The Morgan fingerprint density at radius 3 is 2.33 bits per heavy atom. The van der Waals surface area contributed by atoms with Gasteiger partial charge in [-0.2, -0.15) is 8.42 Å². The highest BCUT2D eigenvalue weighted by Crippen LogP contribution is 2.08. The summed E-state index contributed by atoms with van der Waals surface area (Å²) < 4.78 is 25.9. The zero-order valence-corrected chi connectivity index (χ0v) is 12.4. The van der Waals surface area contributed by atoms with Gasteiger partial charge in [0.15, 0.2) is 0 Å². The van der Waals surface area contributed by atoms with E-state index in [1.807, 2.05) is 6.08 Å². The van der Waals surface area contributed by atoms with Crippen LogP contribution in [0.1, 0.15) is 65.2 Å². The Labute approximate surface area is 112 Å². The van der Waals surface area contributed by atoms with Crippen molar-refractivity contribution in [3.8, 4) is 0 Å². The van der Waals surface area contributed by atoms with Crippen LogP contribution in [0.25, 0.3) is 0 Å². The van der Waals surface area contributed by atoms with E-state index in [4.69, 9.17) is 5.14 Å². The molecule has 4 nitrogen and oxygen atoms in total. The van der Waals surface area contributed by atoms with Crippen LogP contribution in [0.15, 0.2) is 12.2 Å². The number of allylic oxidation sites excluding steroid dienone is 1. The fraction of sp³-hybridized carbons (Fsp3) is 0.846. The van der Waals surface area contributed by atoms with Crippen LogP contribution in [0.2, 0.25) is 0 Å². The fourth-order valence-corrected chi connectivity index (χ4v) is 2.25. The van der Waals surface area contributed by atoms with Gasteiger partial charge in [-0.25, -0.2) is 5.14 Å². The molecule has 0 aromatic heterocycles. The lowest BCUT2D eigenvalue weighted by Crippen LogP contribution is -2.21. The molecule has 0 aliphatic heterocycles. The Morgan fingerprint density at radius 2 is 1.72 bits per heavy atom. The van der Waals surface area contributed by atoms with Gasteiger partial charge in [-0.05, 0) is 26.2 Å². The molecule has 0 radical (unpaired) electrons. The van der Waals surface area contributed by atoms with E-state index in [9.17, 15) is 8.42 Å². The second-order valence-corrected chi connectivity index (χ2v) is 5.84. The van der Waals surface area contributed by atoms with E-state index in [2.05, 4.69) is 17.2 Å². The Bertz CT molecular complexity index is 312. The van der Waals surface area contributed by atoms with E-state index in [1.54, 1.807) is 6.92 Å². The van der Waals surface area contributed by atoms with Gasteiger partial charge in [0.25, 0.3) is 0 Å². The Morgan fingerprint density at radius 1 is 1.11 bits per heavy atom. The first-order chi connectivity index (χ1) is 8.45. The van der Waals surface area contributed by atoms with E-state index < -0.39 is 10.3 Å². The molecule has 0 aliphatic carbocycles. The minimum absolute atomic E-state index is 0.388. The minimum Gasteiger partial charge on any atom is -0.255 e. The topological polar surface area (TPSA) is 69.4 Å². The molecule has 0 heterocycles. The number of hydrogen-bond acceptors (Lipinski definition) is 3. The molecule has 0 amide bonds. The summed E-state index contributed by atoms with van der Waals surface area (Å²) >= 11 is 0. The van der Waals surface area contributed by atoms with E-state index in [1.165, 1.54) is 38.5 Å². The molecular weight excluding hydrogens is 250 g/mol. The summed E-state index contributed by atoms with van der Waals surface area (Å²) in [4.78, 5) is 0. The van der Waals surface area contributed by atoms with Crippen LogP contribution in [0.4, 0.5) is 0 Å². The quantitative estimate of drug-likeness (QED) is 0.465. The van der Waals surface area contributed by atoms with Crippen molar-refractivity contribution >= 4 is 10.3 Å². The van der Waals surface area contributed by atoms with Crippen molar-refractivity contribution in [3.05, 3.63) is 12.2 Å². The Balaban J connectivity index is 3.43. The van der Waals surface area contributed by atoms with Crippen LogP contribution in [0.3, 0.4) is 0 Å². The molecule has 18 heavy (non-hydrogen) atoms. The van der Waals surface area contributed by atoms with Crippen molar-refractivity contribution < 1.29 is 12.6 Å². The summed E-state index contributed by atoms with van der Waals surface area (Å²) in [5.74, 6) is 0. The molecule has 2 N–H and O–H groups in total. The summed E-state index contributed by atoms with van der Waals surface area (Å²) in [5, 5.41) is 4.77. The summed E-state index contributed by atoms with van der Waals surface area (Å²) in [6.45, 7) is 3.91. The van der Waals surface area contributed by atoms with Crippen LogP contribution in [0, 0.1) is 0 Å². The highest BCUT2D eigenvalue weighted by molar-refractivity contribution is 7.84. The molecule has 0 unspecified atom stereocenters. The lowest BCUT2D eigenvalue weighted by molar-refractivity contribution is 0.232. The fourth-order valence-electron chi connectivity index (χ4n) is 1.72. The minimum atomic E-state index is -3.82. The third kappa shape index (κ3) is 13.7. The average molecular weight is 277 g/mol. The van der Waals surface area contributed by atoms with Crippen LogP contribution in [0.5, 0.6) is 0 Å². The van der Waals surface area contributed by atoms with E-state index in [0.717, 1.165) is 6.42 Å². The van der Waals surface area contributed by atoms with Gasteiger partial charge >= 0.3 is 10.3 Å². The smallest absolute Gasteiger partial charge is 0.255 e. The summed E-state index contributed by atoms with van der Waals surface area (Å²) in [6, 6.07) is 0. The SMILES string of the molecule is CCCCCCCCC=CC[C@@H](C)OS(N)(=O)=O. The first kappa shape index (κ1) is 17.6. The Hall–Kier alpha value is -0.390. The van der Waals surface area contributed by atoms with Crippen molar-refractivity contribution in [2.24, 2.45) is 5.14 Å². The average Bonchev–Trinajstić information content (AvgIpc) is 2.24. The van der Waals surface area contributed by atoms with Crippen molar-refractivity contribution in [1.82, 2.24) is 0 Å². The number of unbranched alkanes of at least 4 members (excludes halogenated alkanes) is 6. The van der Waals surface area contributed by atoms with Gasteiger partial charge in [-0.1, -0.05) is 51.2 Å². The maximum atomic E-state index is 10.6. The molecule has 0 aromatic rings. The molecule has 0 aromatic carbocycles. The second kappa shape index (κ2) is 10.5. The van der Waals surface area contributed by atoms with Gasteiger partial charge in [0.05, 0.1) is 6.10 Å². The predicted octanol–water partition coefficient (Wildman–Crippen LogP) is 3.29. The lowest BCUT2D eigenvalue weighted by atomic mass is 10.1. The van der Waals surface area contributed by atoms with Gasteiger partial charge in [0.2, 0.25) is 0 Å². The Kier molecular flexibility index (Phi) is 10.3. The van der Waals surface area contributed by atoms with Gasteiger partial charge in [0.1, 0.15) is 0 Å². The van der Waals surface area contributed by atoms with Gasteiger partial charge in [-0.15, -0.1) is 0 Å². The van der Waals surface area contributed by atoms with Gasteiger partial charge in [-0.3, -0.25) is 4.18 Å². The maximum Gasteiger partial charge on any atom is 0.333 e. The zero-order chi connectivity index (χ0) is 13.9. The third-order valence-electron chi connectivity index (χ3n) is 2.66. The number of hydrogen-bond donors (Lipinski definition) is 1. The van der Waals surface area contributed by atoms with Crippen LogP contribution < -0.4 is 5.14 Å². The van der Waals surface area contributed by atoms with E-state index in [-0.39, 0.29) is 6.10 Å². The highest BCUT2D eigenvalue weighted by Gasteiger charge is 2.08. The molecule has 108 valence electrons. The highest BCUT2D eigenvalue weighted by atomic mass is 32.2. The number of nitrogens with two attached hydrogens (primary N) is 1. The monoisotopic (exact) mass is 277 g/mol. The predicted molar refractivity (Wildman–Crippen MR) is 75.4 cm³/mol. The largest absolute Gasteiger partial charge is 0.333 e. The van der Waals surface area contributed by atoms with Gasteiger partial charge < -0.3 is 0 Å². The first-order valence-corrected chi connectivity index (χ1v) is 8.29. The van der Waals surface area contributed by atoms with E-state index in [0.29, 0.717) is 6.42 Å². The van der Waals surface area contributed by atoms with Crippen molar-refractivity contribution in [1.29, 1.82) is 0 Å². The molecule has 0 saturated carbocycles.